The Morgan fingerprint density at radius 1 is 1.29 bits per heavy atom. The van der Waals surface area contributed by atoms with Gasteiger partial charge in [-0.05, 0) is 20.8 Å². The number of cyclic esters (lactones) is 1. The second-order valence-electron chi connectivity index (χ2n) is 6.74. The fourth-order valence-electron chi connectivity index (χ4n) is 1.91. The van der Waals surface area contributed by atoms with Gasteiger partial charge in [-0.3, -0.25) is 9.59 Å². The maximum atomic E-state index is 11.9. The van der Waals surface area contributed by atoms with Crippen LogP contribution < -0.4 is 0 Å². The monoisotopic (exact) mass is 346 g/mol. The highest BCUT2D eigenvalue weighted by molar-refractivity contribution is 5.86. The predicted octanol–water partition coefficient (Wildman–Crippen LogP) is 0.783. The number of rotatable bonds is 6. The van der Waals surface area contributed by atoms with Crippen molar-refractivity contribution in [3.8, 4) is 0 Å². The number of carbonyl (C=O) groups is 4. The van der Waals surface area contributed by atoms with Crippen molar-refractivity contribution in [1.82, 2.24) is 0 Å². The minimum atomic E-state index is -1.61. The SMILES string of the molecule is CC(C)(C)OC(=O)C(CC(=O)O)OC(=O)C[C@@H]1OC(C)(C)OC1=O. The highest BCUT2D eigenvalue weighted by Gasteiger charge is 2.43. The van der Waals surface area contributed by atoms with Crippen molar-refractivity contribution in [1.29, 1.82) is 0 Å². The lowest BCUT2D eigenvalue weighted by atomic mass is 10.2. The summed E-state index contributed by atoms with van der Waals surface area (Å²) in [4.78, 5) is 46.3. The van der Waals surface area contributed by atoms with Crippen molar-refractivity contribution in [3.63, 3.8) is 0 Å². The molecule has 0 spiro atoms. The molecule has 1 aliphatic rings. The van der Waals surface area contributed by atoms with Crippen molar-refractivity contribution in [2.75, 3.05) is 0 Å². The van der Waals surface area contributed by atoms with E-state index < -0.39 is 60.3 Å². The van der Waals surface area contributed by atoms with Crippen molar-refractivity contribution < 1.29 is 43.2 Å². The lowest BCUT2D eigenvalue weighted by Gasteiger charge is -2.23. The van der Waals surface area contributed by atoms with E-state index >= 15 is 0 Å². The maximum absolute atomic E-state index is 11.9. The summed E-state index contributed by atoms with van der Waals surface area (Å²) in [5, 5.41) is 8.84. The Bertz CT molecular complexity index is 530. The third-order valence-corrected chi connectivity index (χ3v) is 2.69. The second-order valence-corrected chi connectivity index (χ2v) is 6.74. The van der Waals surface area contributed by atoms with Crippen LogP contribution in [0.2, 0.25) is 0 Å². The van der Waals surface area contributed by atoms with Gasteiger partial charge in [-0.15, -0.1) is 0 Å². The quantitative estimate of drug-likeness (QED) is 0.548. The van der Waals surface area contributed by atoms with Crippen LogP contribution in [0.5, 0.6) is 0 Å². The normalized spacial score (nSPS) is 20.9. The van der Waals surface area contributed by atoms with E-state index in [0.717, 1.165) is 0 Å². The lowest BCUT2D eigenvalue weighted by molar-refractivity contribution is -0.180. The number of ether oxygens (including phenoxy) is 4. The Hall–Kier alpha value is -2.16. The molecule has 9 heteroatoms. The molecule has 0 radical (unpaired) electrons. The van der Waals surface area contributed by atoms with Gasteiger partial charge in [0.1, 0.15) is 5.60 Å². The van der Waals surface area contributed by atoms with Crippen LogP contribution >= 0.6 is 0 Å². The van der Waals surface area contributed by atoms with E-state index in [2.05, 4.69) is 0 Å². The molecule has 1 rings (SSSR count). The molecule has 0 aromatic heterocycles. The molecule has 0 bridgehead atoms. The van der Waals surface area contributed by atoms with Gasteiger partial charge in [0, 0.05) is 13.8 Å². The van der Waals surface area contributed by atoms with Crippen molar-refractivity contribution in [2.45, 2.75) is 71.1 Å². The number of carboxylic acids is 1. The van der Waals surface area contributed by atoms with Crippen LogP contribution in [-0.4, -0.2) is 52.6 Å². The van der Waals surface area contributed by atoms with Gasteiger partial charge >= 0.3 is 23.9 Å². The molecule has 0 aliphatic carbocycles. The number of hydrogen-bond acceptors (Lipinski definition) is 8. The molecule has 1 N–H and O–H groups in total. The summed E-state index contributed by atoms with van der Waals surface area (Å²) < 4.78 is 20.0. The maximum Gasteiger partial charge on any atom is 0.348 e. The number of carboxylic acid groups (broad SMARTS) is 1. The molecule has 1 unspecified atom stereocenters. The Balaban J connectivity index is 2.69. The smallest absolute Gasteiger partial charge is 0.348 e. The highest BCUT2D eigenvalue weighted by Crippen LogP contribution is 2.26. The van der Waals surface area contributed by atoms with Crippen molar-refractivity contribution >= 4 is 23.9 Å². The molecule has 0 aromatic rings. The average molecular weight is 346 g/mol. The molecule has 1 fully saturated rings. The van der Waals surface area contributed by atoms with Crippen LogP contribution in [-0.2, 0) is 38.1 Å². The summed E-state index contributed by atoms with van der Waals surface area (Å²) in [5.41, 5.74) is -0.872. The van der Waals surface area contributed by atoms with Gasteiger partial charge in [-0.25, -0.2) is 9.59 Å². The highest BCUT2D eigenvalue weighted by atomic mass is 16.8. The van der Waals surface area contributed by atoms with E-state index in [9.17, 15) is 19.2 Å². The molecule has 9 nitrogen and oxygen atoms in total. The van der Waals surface area contributed by atoms with E-state index in [1.54, 1.807) is 20.8 Å². The fourth-order valence-corrected chi connectivity index (χ4v) is 1.91. The lowest BCUT2D eigenvalue weighted by Crippen LogP contribution is -2.37. The van der Waals surface area contributed by atoms with Crippen molar-refractivity contribution in [2.24, 2.45) is 0 Å². The predicted molar refractivity (Wildman–Crippen MR) is 77.6 cm³/mol. The molecule has 2 atom stereocenters. The van der Waals surface area contributed by atoms with Gasteiger partial charge in [0.15, 0.2) is 6.10 Å². The van der Waals surface area contributed by atoms with Gasteiger partial charge in [-0.1, -0.05) is 0 Å². The van der Waals surface area contributed by atoms with E-state index in [-0.39, 0.29) is 0 Å². The third kappa shape index (κ3) is 6.53. The first-order valence-corrected chi connectivity index (χ1v) is 7.34. The van der Waals surface area contributed by atoms with Crippen LogP contribution in [0.25, 0.3) is 0 Å². The van der Waals surface area contributed by atoms with Gasteiger partial charge in [0.2, 0.25) is 11.9 Å². The summed E-state index contributed by atoms with van der Waals surface area (Å²) in [6.45, 7) is 7.79. The molecular formula is C15H22O9. The fraction of sp³-hybridized carbons (Fsp3) is 0.733. The summed E-state index contributed by atoms with van der Waals surface area (Å²) in [6.07, 6.45) is -4.03. The van der Waals surface area contributed by atoms with Crippen LogP contribution in [0.15, 0.2) is 0 Å². The number of carbonyl (C=O) groups excluding carboxylic acids is 3. The molecular weight excluding hydrogens is 324 g/mol. The molecule has 1 heterocycles. The zero-order valence-electron chi connectivity index (χ0n) is 14.3. The molecule has 24 heavy (non-hydrogen) atoms. The third-order valence-electron chi connectivity index (χ3n) is 2.69. The average Bonchev–Trinajstić information content (AvgIpc) is 2.58. The largest absolute Gasteiger partial charge is 0.481 e. The zero-order valence-corrected chi connectivity index (χ0v) is 14.3. The number of hydrogen-bond donors (Lipinski definition) is 1. The standard InChI is InChI=1S/C15H22O9/c1-14(2,3)23-12(19)8(6-10(16)17)21-11(18)7-9-13(20)24-15(4,5)22-9/h8-9H,6-7H2,1-5H3,(H,16,17)/t8?,9-/m0/s1. The number of aliphatic carboxylic acids is 1. The van der Waals surface area contributed by atoms with Gasteiger partial charge in [0.05, 0.1) is 12.8 Å². The van der Waals surface area contributed by atoms with Crippen LogP contribution in [0.4, 0.5) is 0 Å². The molecule has 136 valence electrons. The summed E-state index contributed by atoms with van der Waals surface area (Å²) in [6, 6.07) is 0. The zero-order chi connectivity index (χ0) is 18.7. The molecule has 0 amide bonds. The van der Waals surface area contributed by atoms with Crippen LogP contribution in [0.1, 0.15) is 47.5 Å². The first-order valence-electron chi connectivity index (χ1n) is 7.34. The first-order chi connectivity index (χ1) is 10.8. The summed E-state index contributed by atoms with van der Waals surface area (Å²) >= 11 is 0. The van der Waals surface area contributed by atoms with E-state index in [1.807, 2.05) is 0 Å². The summed E-state index contributed by atoms with van der Waals surface area (Å²) in [7, 11) is 0. The van der Waals surface area contributed by atoms with Crippen molar-refractivity contribution in [3.05, 3.63) is 0 Å². The first kappa shape index (κ1) is 19.9. The Morgan fingerprint density at radius 3 is 2.29 bits per heavy atom. The molecule has 0 saturated carbocycles. The van der Waals surface area contributed by atoms with Crippen LogP contribution in [0, 0.1) is 0 Å². The van der Waals surface area contributed by atoms with E-state index in [0.29, 0.717) is 0 Å². The minimum Gasteiger partial charge on any atom is -0.481 e. The van der Waals surface area contributed by atoms with Gasteiger partial charge < -0.3 is 24.1 Å². The second kappa shape index (κ2) is 7.16. The Labute approximate surface area is 139 Å². The topological polar surface area (TPSA) is 125 Å². The van der Waals surface area contributed by atoms with Gasteiger partial charge in [-0.2, -0.15) is 0 Å². The Morgan fingerprint density at radius 2 is 1.88 bits per heavy atom. The summed E-state index contributed by atoms with van der Waals surface area (Å²) in [5.74, 6) is -5.17. The van der Waals surface area contributed by atoms with Gasteiger partial charge in [0.25, 0.3) is 0 Å². The molecule has 0 aromatic carbocycles. The van der Waals surface area contributed by atoms with E-state index in [4.69, 9.17) is 24.1 Å². The van der Waals surface area contributed by atoms with Crippen LogP contribution in [0.3, 0.4) is 0 Å². The Kier molecular flexibility index (Phi) is 5.94. The minimum absolute atomic E-state index is 0.499. The van der Waals surface area contributed by atoms with E-state index in [1.165, 1.54) is 13.8 Å². The molecule has 1 aliphatic heterocycles. The number of esters is 3. The molecule has 1 saturated heterocycles.